The van der Waals surface area contributed by atoms with Gasteiger partial charge >= 0.3 is 0 Å². The highest BCUT2D eigenvalue weighted by Crippen LogP contribution is 2.20. The van der Waals surface area contributed by atoms with E-state index in [4.69, 9.17) is 15.1 Å². The van der Waals surface area contributed by atoms with Gasteiger partial charge in [0.25, 0.3) is 0 Å². The van der Waals surface area contributed by atoms with Crippen LogP contribution in [0.2, 0.25) is 0 Å². The van der Waals surface area contributed by atoms with E-state index in [2.05, 4.69) is 6.07 Å². The van der Waals surface area contributed by atoms with Gasteiger partial charge in [-0.2, -0.15) is 5.26 Å². The van der Waals surface area contributed by atoms with Gasteiger partial charge < -0.3 is 14.4 Å². The van der Waals surface area contributed by atoms with Gasteiger partial charge in [0.2, 0.25) is 0 Å². The van der Waals surface area contributed by atoms with Crippen molar-refractivity contribution in [2.24, 2.45) is 0 Å². The smallest absolute Gasteiger partial charge is 0.136 e. The van der Waals surface area contributed by atoms with Crippen molar-refractivity contribution in [3.05, 3.63) is 53.3 Å². The zero-order valence-electron chi connectivity index (χ0n) is 10.1. The molecule has 0 saturated heterocycles. The van der Waals surface area contributed by atoms with Crippen molar-refractivity contribution < 1.29 is 9.84 Å². The summed E-state index contributed by atoms with van der Waals surface area (Å²) in [5, 5.41) is 17.9. The lowest BCUT2D eigenvalue weighted by Gasteiger charge is -2.07. The van der Waals surface area contributed by atoms with Crippen LogP contribution >= 0.6 is 0 Å². The van der Waals surface area contributed by atoms with Crippen molar-refractivity contribution in [1.29, 1.82) is 5.26 Å². The van der Waals surface area contributed by atoms with Crippen LogP contribution in [0.15, 0.2) is 36.7 Å². The monoisotopic (exact) mass is 242 g/mol. The number of nitrogens with zero attached hydrogens (tertiary/aromatic N) is 2. The fourth-order valence-corrected chi connectivity index (χ4v) is 1.82. The van der Waals surface area contributed by atoms with Gasteiger partial charge in [-0.1, -0.05) is 6.07 Å². The summed E-state index contributed by atoms with van der Waals surface area (Å²) in [6.07, 6.45) is 3.81. The van der Waals surface area contributed by atoms with Gasteiger partial charge in [-0.15, -0.1) is 0 Å². The zero-order valence-corrected chi connectivity index (χ0v) is 10.1. The first-order chi connectivity index (χ1) is 8.76. The van der Waals surface area contributed by atoms with E-state index < -0.39 is 0 Å². The largest absolute Gasteiger partial charge is 0.495 e. The van der Waals surface area contributed by atoms with Gasteiger partial charge in [-0.05, 0) is 29.3 Å². The molecule has 0 unspecified atom stereocenters. The molecule has 1 aromatic heterocycles. The van der Waals surface area contributed by atoms with Crippen LogP contribution in [0, 0.1) is 11.3 Å². The predicted octanol–water partition coefficient (Wildman–Crippen LogP) is 1.91. The molecule has 0 fully saturated rings. The summed E-state index contributed by atoms with van der Waals surface area (Å²) in [4.78, 5) is 0. The van der Waals surface area contributed by atoms with E-state index in [1.807, 2.05) is 35.2 Å². The number of rotatable bonds is 4. The minimum absolute atomic E-state index is 0.0453. The van der Waals surface area contributed by atoms with Crippen molar-refractivity contribution in [3.63, 3.8) is 0 Å². The Labute approximate surface area is 106 Å². The fraction of sp³-hybridized carbons (Fsp3) is 0.214. The number of hydrogen-bond acceptors (Lipinski definition) is 3. The third-order valence-electron chi connectivity index (χ3n) is 2.75. The normalized spacial score (nSPS) is 10.1. The zero-order chi connectivity index (χ0) is 13.0. The van der Waals surface area contributed by atoms with E-state index in [9.17, 15) is 0 Å². The molecular formula is C14H14N2O2. The second-order valence-electron chi connectivity index (χ2n) is 4.00. The molecule has 1 heterocycles. The van der Waals surface area contributed by atoms with E-state index in [0.717, 1.165) is 11.1 Å². The molecule has 2 aromatic rings. The highest BCUT2D eigenvalue weighted by molar-refractivity contribution is 5.45. The van der Waals surface area contributed by atoms with Crippen LogP contribution in [-0.4, -0.2) is 16.8 Å². The molecule has 0 atom stereocenters. The third kappa shape index (κ3) is 2.53. The highest BCUT2D eigenvalue weighted by Gasteiger charge is 2.04. The molecule has 4 nitrogen and oxygen atoms in total. The van der Waals surface area contributed by atoms with Crippen LogP contribution in [0.25, 0.3) is 0 Å². The molecule has 1 N–H and O–H groups in total. The Morgan fingerprint density at radius 2 is 2.17 bits per heavy atom. The average Bonchev–Trinajstić information content (AvgIpc) is 2.86. The van der Waals surface area contributed by atoms with Crippen LogP contribution in [0.5, 0.6) is 5.75 Å². The Morgan fingerprint density at radius 3 is 2.78 bits per heavy atom. The highest BCUT2D eigenvalue weighted by atomic mass is 16.5. The molecule has 92 valence electrons. The van der Waals surface area contributed by atoms with Crippen LogP contribution in [0.4, 0.5) is 0 Å². The molecule has 0 bridgehead atoms. The Bertz CT molecular complexity index is 582. The number of benzene rings is 1. The van der Waals surface area contributed by atoms with Crippen LogP contribution in [0.3, 0.4) is 0 Å². The van der Waals surface area contributed by atoms with E-state index in [-0.39, 0.29) is 6.61 Å². The molecule has 0 saturated carbocycles. The van der Waals surface area contributed by atoms with Gasteiger partial charge in [0.05, 0.1) is 19.3 Å². The fourth-order valence-electron chi connectivity index (χ4n) is 1.82. The maximum absolute atomic E-state index is 9.00. The Balaban J connectivity index is 2.22. The summed E-state index contributed by atoms with van der Waals surface area (Å²) in [7, 11) is 1.56. The molecule has 1 aromatic carbocycles. The van der Waals surface area contributed by atoms with Crippen molar-refractivity contribution in [1.82, 2.24) is 4.57 Å². The summed E-state index contributed by atoms with van der Waals surface area (Å²) >= 11 is 0. The van der Waals surface area contributed by atoms with Crippen molar-refractivity contribution >= 4 is 0 Å². The van der Waals surface area contributed by atoms with Gasteiger partial charge in [-0.3, -0.25) is 0 Å². The SMILES string of the molecule is COc1cc(Cn2ccc(CO)c2)ccc1C#N. The molecule has 0 spiro atoms. The minimum atomic E-state index is 0.0453. The quantitative estimate of drug-likeness (QED) is 0.891. The van der Waals surface area contributed by atoms with Gasteiger partial charge in [-0.25, -0.2) is 0 Å². The molecular weight excluding hydrogens is 228 g/mol. The van der Waals surface area contributed by atoms with Gasteiger partial charge in [0.15, 0.2) is 0 Å². The lowest BCUT2D eigenvalue weighted by atomic mass is 10.1. The number of aromatic nitrogens is 1. The molecule has 0 aliphatic heterocycles. The minimum Gasteiger partial charge on any atom is -0.495 e. The Morgan fingerprint density at radius 1 is 1.33 bits per heavy atom. The summed E-state index contributed by atoms with van der Waals surface area (Å²) in [5.74, 6) is 0.588. The lowest BCUT2D eigenvalue weighted by molar-refractivity contribution is 0.282. The van der Waals surface area contributed by atoms with E-state index in [1.165, 1.54) is 0 Å². The first kappa shape index (κ1) is 12.2. The van der Waals surface area contributed by atoms with Gasteiger partial charge in [0.1, 0.15) is 11.8 Å². The topological polar surface area (TPSA) is 58.2 Å². The number of aliphatic hydroxyl groups is 1. The first-order valence-electron chi connectivity index (χ1n) is 5.59. The molecule has 0 radical (unpaired) electrons. The molecule has 2 rings (SSSR count). The van der Waals surface area contributed by atoms with Crippen LogP contribution in [-0.2, 0) is 13.2 Å². The predicted molar refractivity (Wildman–Crippen MR) is 67.2 cm³/mol. The summed E-state index contributed by atoms with van der Waals surface area (Å²) < 4.78 is 7.15. The van der Waals surface area contributed by atoms with Gasteiger partial charge in [0, 0.05) is 18.9 Å². The summed E-state index contributed by atoms with van der Waals surface area (Å²) in [6.45, 7) is 0.728. The van der Waals surface area contributed by atoms with Crippen LogP contribution in [0.1, 0.15) is 16.7 Å². The van der Waals surface area contributed by atoms with Crippen molar-refractivity contribution in [2.75, 3.05) is 7.11 Å². The van der Waals surface area contributed by atoms with Crippen LogP contribution < -0.4 is 4.74 Å². The summed E-state index contributed by atoms with van der Waals surface area (Å²) in [5.41, 5.74) is 2.46. The Kier molecular flexibility index (Phi) is 3.66. The van der Waals surface area contributed by atoms with E-state index in [0.29, 0.717) is 17.9 Å². The van der Waals surface area contributed by atoms with Crippen molar-refractivity contribution in [2.45, 2.75) is 13.2 Å². The average molecular weight is 242 g/mol. The van der Waals surface area contributed by atoms with E-state index >= 15 is 0 Å². The first-order valence-corrected chi connectivity index (χ1v) is 5.59. The van der Waals surface area contributed by atoms with E-state index in [1.54, 1.807) is 13.2 Å². The maximum atomic E-state index is 9.00. The summed E-state index contributed by atoms with van der Waals surface area (Å²) in [6, 6.07) is 9.48. The Hall–Kier alpha value is -2.25. The molecule has 4 heteroatoms. The second kappa shape index (κ2) is 5.39. The number of methoxy groups -OCH3 is 1. The number of hydrogen-bond donors (Lipinski definition) is 1. The third-order valence-corrected chi connectivity index (χ3v) is 2.75. The molecule has 18 heavy (non-hydrogen) atoms. The molecule has 0 aliphatic carbocycles. The maximum Gasteiger partial charge on any atom is 0.136 e. The number of aliphatic hydroxyl groups excluding tert-OH is 1. The molecule has 0 aliphatic rings. The number of ether oxygens (including phenoxy) is 1. The second-order valence-corrected chi connectivity index (χ2v) is 4.00. The molecule has 0 amide bonds. The number of nitriles is 1. The van der Waals surface area contributed by atoms with Crippen molar-refractivity contribution in [3.8, 4) is 11.8 Å². The lowest BCUT2D eigenvalue weighted by Crippen LogP contribution is -1.98. The standard InChI is InChI=1S/C14H14N2O2/c1-18-14-6-11(2-3-13(14)7-15)8-16-5-4-12(9-16)10-17/h2-6,9,17H,8,10H2,1H3.